The lowest BCUT2D eigenvalue weighted by atomic mass is 10.2. The van der Waals surface area contributed by atoms with Gasteiger partial charge in [-0.15, -0.1) is 0 Å². The summed E-state index contributed by atoms with van der Waals surface area (Å²) in [6.07, 6.45) is -0.650. The molecule has 12 heteroatoms. The Balaban J connectivity index is 2.61. The van der Waals surface area contributed by atoms with E-state index in [2.05, 4.69) is 10.7 Å². The molecule has 1 rings (SSSR count). The van der Waals surface area contributed by atoms with Crippen molar-refractivity contribution in [1.29, 1.82) is 5.41 Å². The number of carboxylic acids is 1. The van der Waals surface area contributed by atoms with Crippen LogP contribution in [0.15, 0.2) is 24.3 Å². The molecule has 0 saturated carbocycles. The maximum atomic E-state index is 12.0. The molecule has 0 aliphatic heterocycles. The summed E-state index contributed by atoms with van der Waals surface area (Å²) >= 11 is 0. The van der Waals surface area contributed by atoms with E-state index in [0.717, 1.165) is 0 Å². The second-order valence-electron chi connectivity index (χ2n) is 4.72. The lowest BCUT2D eigenvalue weighted by molar-refractivity contribution is -0.139. The molecule has 0 spiro atoms. The van der Waals surface area contributed by atoms with Crippen molar-refractivity contribution in [3.05, 3.63) is 29.8 Å². The molecular formula is C13H17N7O5. The van der Waals surface area contributed by atoms with E-state index in [1.807, 2.05) is 10.7 Å². The van der Waals surface area contributed by atoms with E-state index >= 15 is 0 Å². The van der Waals surface area contributed by atoms with Gasteiger partial charge < -0.3 is 21.9 Å². The Hall–Kier alpha value is -3.67. The normalized spacial score (nSPS) is 11.0. The van der Waals surface area contributed by atoms with Crippen molar-refractivity contribution in [2.75, 3.05) is 5.32 Å². The molecule has 0 aromatic heterocycles. The van der Waals surface area contributed by atoms with E-state index in [9.17, 15) is 19.2 Å². The molecule has 134 valence electrons. The van der Waals surface area contributed by atoms with Gasteiger partial charge in [0.15, 0.2) is 5.96 Å². The van der Waals surface area contributed by atoms with Gasteiger partial charge in [0.25, 0.3) is 5.91 Å². The number of rotatable bonds is 7. The zero-order valence-corrected chi connectivity index (χ0v) is 12.8. The minimum atomic E-state index is -1.35. The molecule has 12 nitrogen and oxygen atoms in total. The zero-order chi connectivity index (χ0) is 19.0. The van der Waals surface area contributed by atoms with Crippen LogP contribution in [0.4, 0.5) is 10.5 Å². The molecule has 0 aliphatic rings. The molecule has 0 fully saturated rings. The average molecular weight is 351 g/mol. The Kier molecular flexibility index (Phi) is 6.84. The summed E-state index contributed by atoms with van der Waals surface area (Å²) in [5.41, 5.74) is 14.7. The number of hydrogen-bond acceptors (Lipinski definition) is 6. The van der Waals surface area contributed by atoms with Gasteiger partial charge in [-0.2, -0.15) is 0 Å². The standard InChI is InChI=1S/C13H17N7O5/c14-10(23)8(5-9(21)22)19-20-13(25)18-11(24)6-2-1-3-7(4-6)17-12(15)16/h1-4,8,19H,5H2,(H2,14,23)(H,21,22)(H4,15,16,17)(H2,18,20,24,25)/t8-/m0/s1. The van der Waals surface area contributed by atoms with Gasteiger partial charge in [-0.25, -0.2) is 10.2 Å². The maximum absolute atomic E-state index is 12.0. The van der Waals surface area contributed by atoms with Crippen molar-refractivity contribution in [3.63, 3.8) is 0 Å². The van der Waals surface area contributed by atoms with Gasteiger partial charge in [-0.3, -0.25) is 30.5 Å². The topological polar surface area (TPSA) is 213 Å². The van der Waals surface area contributed by atoms with E-state index < -0.39 is 36.3 Å². The van der Waals surface area contributed by atoms with Crippen molar-refractivity contribution in [2.24, 2.45) is 11.5 Å². The fraction of sp³-hybridized carbons (Fsp3) is 0.154. The van der Waals surface area contributed by atoms with Gasteiger partial charge in [0.1, 0.15) is 6.04 Å². The van der Waals surface area contributed by atoms with Crippen LogP contribution >= 0.6 is 0 Å². The molecule has 10 N–H and O–H groups in total. The fourth-order valence-electron chi connectivity index (χ4n) is 1.65. The number of anilines is 1. The number of carboxylic acid groups (broad SMARTS) is 1. The highest BCUT2D eigenvalue weighted by molar-refractivity contribution is 6.05. The Morgan fingerprint density at radius 2 is 1.88 bits per heavy atom. The van der Waals surface area contributed by atoms with Crippen LogP contribution < -0.4 is 33.0 Å². The van der Waals surface area contributed by atoms with Crippen LogP contribution in [0.2, 0.25) is 0 Å². The predicted octanol–water partition coefficient (Wildman–Crippen LogP) is -1.74. The highest BCUT2D eigenvalue weighted by Gasteiger charge is 2.20. The number of imide groups is 1. The van der Waals surface area contributed by atoms with Crippen molar-refractivity contribution >= 4 is 35.5 Å². The second-order valence-corrected chi connectivity index (χ2v) is 4.72. The van der Waals surface area contributed by atoms with Crippen LogP contribution in [0, 0.1) is 5.41 Å². The number of hydrazine groups is 1. The predicted molar refractivity (Wildman–Crippen MR) is 86.3 cm³/mol. The number of primary amides is 1. The molecule has 0 heterocycles. The third-order valence-electron chi connectivity index (χ3n) is 2.71. The number of amides is 4. The maximum Gasteiger partial charge on any atom is 0.336 e. The number of urea groups is 1. The van der Waals surface area contributed by atoms with Gasteiger partial charge >= 0.3 is 12.0 Å². The van der Waals surface area contributed by atoms with E-state index in [4.69, 9.17) is 22.0 Å². The average Bonchev–Trinajstić information content (AvgIpc) is 2.50. The summed E-state index contributed by atoms with van der Waals surface area (Å²) in [6, 6.07) is 3.47. The number of carbonyl (C=O) groups excluding carboxylic acids is 3. The number of hydrogen-bond donors (Lipinski definition) is 8. The van der Waals surface area contributed by atoms with E-state index in [1.54, 1.807) is 6.07 Å². The molecule has 1 aromatic carbocycles. The molecule has 25 heavy (non-hydrogen) atoms. The zero-order valence-electron chi connectivity index (χ0n) is 12.8. The number of nitrogens with one attached hydrogen (secondary N) is 5. The lowest BCUT2D eigenvalue weighted by Crippen LogP contribution is -2.54. The summed E-state index contributed by atoms with van der Waals surface area (Å²) in [6.45, 7) is 0. The van der Waals surface area contributed by atoms with Crippen molar-refractivity contribution < 1.29 is 24.3 Å². The van der Waals surface area contributed by atoms with E-state index in [0.29, 0.717) is 5.69 Å². The highest BCUT2D eigenvalue weighted by atomic mass is 16.4. The van der Waals surface area contributed by atoms with Crippen molar-refractivity contribution in [2.45, 2.75) is 12.5 Å². The van der Waals surface area contributed by atoms with Gasteiger partial charge in [-0.1, -0.05) is 6.07 Å². The summed E-state index contributed by atoms with van der Waals surface area (Å²) in [7, 11) is 0. The SMILES string of the molecule is N=C(N)Nc1cccc(C(=O)NC(=O)NN[C@@H](CC(=O)O)C(N)=O)c1. The molecule has 4 amide bonds. The van der Waals surface area contributed by atoms with Crippen LogP contribution in [-0.4, -0.2) is 40.9 Å². The van der Waals surface area contributed by atoms with Crippen LogP contribution in [0.1, 0.15) is 16.8 Å². The molecular weight excluding hydrogens is 334 g/mol. The monoisotopic (exact) mass is 351 g/mol. The summed E-state index contributed by atoms with van der Waals surface area (Å²) in [5, 5.41) is 20.2. The smallest absolute Gasteiger partial charge is 0.336 e. The lowest BCUT2D eigenvalue weighted by Gasteiger charge is -2.14. The number of carbonyl (C=O) groups is 4. The van der Waals surface area contributed by atoms with Crippen LogP contribution in [-0.2, 0) is 9.59 Å². The summed E-state index contributed by atoms with van der Waals surface area (Å²) in [5.74, 6) is -3.39. The van der Waals surface area contributed by atoms with E-state index in [-0.39, 0.29) is 11.5 Å². The van der Waals surface area contributed by atoms with Gasteiger partial charge in [0.05, 0.1) is 6.42 Å². The molecule has 0 aliphatic carbocycles. The minimum Gasteiger partial charge on any atom is -0.481 e. The fourth-order valence-corrected chi connectivity index (χ4v) is 1.65. The Morgan fingerprint density at radius 3 is 2.44 bits per heavy atom. The molecule has 0 unspecified atom stereocenters. The third-order valence-corrected chi connectivity index (χ3v) is 2.71. The molecule has 1 aromatic rings. The number of aliphatic carboxylic acids is 1. The van der Waals surface area contributed by atoms with Crippen LogP contribution in [0.25, 0.3) is 0 Å². The number of guanidine groups is 1. The molecule has 0 saturated heterocycles. The third kappa shape index (κ3) is 6.96. The Morgan fingerprint density at radius 1 is 1.20 bits per heavy atom. The first-order valence-corrected chi connectivity index (χ1v) is 6.78. The Labute approximate surface area is 141 Å². The minimum absolute atomic E-state index is 0.0957. The quantitative estimate of drug-likeness (QED) is 0.160. The van der Waals surface area contributed by atoms with Crippen LogP contribution in [0.5, 0.6) is 0 Å². The summed E-state index contributed by atoms with van der Waals surface area (Å²) in [4.78, 5) is 45.2. The summed E-state index contributed by atoms with van der Waals surface area (Å²) < 4.78 is 0. The molecule has 0 bridgehead atoms. The van der Waals surface area contributed by atoms with Crippen LogP contribution in [0.3, 0.4) is 0 Å². The van der Waals surface area contributed by atoms with Gasteiger partial charge in [-0.05, 0) is 18.2 Å². The highest BCUT2D eigenvalue weighted by Crippen LogP contribution is 2.10. The van der Waals surface area contributed by atoms with Crippen molar-refractivity contribution in [3.8, 4) is 0 Å². The number of benzene rings is 1. The largest absolute Gasteiger partial charge is 0.481 e. The van der Waals surface area contributed by atoms with E-state index in [1.165, 1.54) is 18.2 Å². The Bertz CT molecular complexity index is 706. The van der Waals surface area contributed by atoms with Gasteiger partial charge in [0, 0.05) is 11.3 Å². The first-order valence-electron chi connectivity index (χ1n) is 6.78. The van der Waals surface area contributed by atoms with Crippen molar-refractivity contribution in [1.82, 2.24) is 16.2 Å². The second kappa shape index (κ2) is 8.83. The first kappa shape index (κ1) is 19.4. The number of nitrogens with two attached hydrogens (primary N) is 2. The van der Waals surface area contributed by atoms with Gasteiger partial charge in [0.2, 0.25) is 5.91 Å². The molecule has 1 atom stereocenters. The first-order chi connectivity index (χ1) is 11.7. The molecule has 0 radical (unpaired) electrons.